The van der Waals surface area contributed by atoms with Crippen molar-refractivity contribution in [1.82, 2.24) is 10.6 Å². The van der Waals surface area contributed by atoms with E-state index in [1.54, 1.807) is 42.3 Å². The number of nitrogens with one attached hydrogen (secondary N) is 2. The van der Waals surface area contributed by atoms with E-state index in [0.29, 0.717) is 52.1 Å². The number of ether oxygens (including phenoxy) is 3. The molecular formula is C43H51ClFN3O5. The van der Waals surface area contributed by atoms with Crippen LogP contribution < -0.4 is 25.0 Å². The summed E-state index contributed by atoms with van der Waals surface area (Å²) in [6.07, 6.45) is 1.83. The normalized spacial score (nSPS) is 15.8. The van der Waals surface area contributed by atoms with E-state index in [0.717, 1.165) is 38.8 Å². The quantitative estimate of drug-likeness (QED) is 0.106. The van der Waals surface area contributed by atoms with Crippen LogP contribution in [0.3, 0.4) is 0 Å². The minimum Gasteiger partial charge on any atom is -0.492 e. The van der Waals surface area contributed by atoms with Crippen molar-refractivity contribution in [3.63, 3.8) is 0 Å². The molecule has 0 fully saturated rings. The van der Waals surface area contributed by atoms with Crippen LogP contribution in [0.4, 0.5) is 10.1 Å². The lowest BCUT2D eigenvalue weighted by atomic mass is 9.94. The first kappa shape index (κ1) is 39.8. The predicted molar refractivity (Wildman–Crippen MR) is 208 cm³/mol. The van der Waals surface area contributed by atoms with Crippen molar-refractivity contribution < 1.29 is 28.2 Å². The number of para-hydroxylation sites is 1. The molecule has 0 saturated carbocycles. The Morgan fingerprint density at radius 2 is 1.68 bits per heavy atom. The maximum atomic E-state index is 14.3. The average Bonchev–Trinajstić information content (AvgIpc) is 3.23. The molecule has 2 atom stereocenters. The molecular weight excluding hydrogens is 693 g/mol. The highest BCUT2D eigenvalue weighted by molar-refractivity contribution is 6.30. The van der Waals surface area contributed by atoms with Gasteiger partial charge < -0.3 is 29.7 Å². The maximum Gasteiger partial charge on any atom is 0.256 e. The zero-order valence-corrected chi connectivity index (χ0v) is 31.9. The standard InChI is InChI=1S/C43H51ClFN3O5/c1-43(2,3)29-48-36-22-21-32(44)26-34(36)40(53-38(42(48)50)27-39(49)47-28-31-17-8-9-19-35(31)45)33-18-12-20-37(41(33)51-4)52-25-13-24-46-23-11-10-16-30-14-6-5-7-15-30/h5-9,12,14-15,17-22,26,38,40,46H,10-11,13,16,23-25,27-29H2,1-4H3,(H,47,49)/t38-,40-/m1/s1. The van der Waals surface area contributed by atoms with Gasteiger partial charge in [-0.25, -0.2) is 4.39 Å². The molecule has 0 aliphatic carbocycles. The third-order valence-electron chi connectivity index (χ3n) is 9.00. The van der Waals surface area contributed by atoms with Crippen molar-refractivity contribution >= 4 is 29.1 Å². The molecule has 0 bridgehead atoms. The predicted octanol–water partition coefficient (Wildman–Crippen LogP) is 8.44. The Balaban J connectivity index is 1.32. The van der Waals surface area contributed by atoms with Gasteiger partial charge in [-0.05, 0) is 80.1 Å². The van der Waals surface area contributed by atoms with E-state index in [1.165, 1.54) is 11.6 Å². The Morgan fingerprint density at radius 3 is 2.43 bits per heavy atom. The number of methoxy groups -OCH3 is 1. The second-order valence-electron chi connectivity index (χ2n) is 14.5. The molecule has 10 heteroatoms. The van der Waals surface area contributed by atoms with Gasteiger partial charge in [0.25, 0.3) is 5.91 Å². The van der Waals surface area contributed by atoms with Crippen LogP contribution in [0.2, 0.25) is 5.02 Å². The molecule has 0 saturated heterocycles. The largest absolute Gasteiger partial charge is 0.492 e. The number of amides is 2. The lowest BCUT2D eigenvalue weighted by Crippen LogP contribution is -2.45. The SMILES string of the molecule is COc1c(OCCCNCCCCc2ccccc2)cccc1[C@H]1O[C@H](CC(=O)NCc2ccccc2F)C(=O)N(CC(C)(C)C)c2ccc(Cl)cc21. The van der Waals surface area contributed by atoms with Crippen LogP contribution in [0.1, 0.15) is 74.8 Å². The van der Waals surface area contributed by atoms with Crippen molar-refractivity contribution in [3.05, 3.63) is 124 Å². The van der Waals surface area contributed by atoms with Gasteiger partial charge in [0.2, 0.25) is 5.91 Å². The molecule has 2 amide bonds. The molecule has 1 heterocycles. The van der Waals surface area contributed by atoms with E-state index in [-0.39, 0.29) is 24.3 Å². The van der Waals surface area contributed by atoms with E-state index in [4.69, 9.17) is 25.8 Å². The van der Waals surface area contributed by atoms with Gasteiger partial charge in [-0.15, -0.1) is 0 Å². The van der Waals surface area contributed by atoms with Crippen molar-refractivity contribution in [2.45, 2.75) is 71.6 Å². The number of fused-ring (bicyclic) bond motifs is 1. The van der Waals surface area contributed by atoms with E-state index in [1.807, 2.05) is 51.1 Å². The Labute approximate surface area is 318 Å². The molecule has 0 radical (unpaired) electrons. The molecule has 0 aromatic heterocycles. The highest BCUT2D eigenvalue weighted by Gasteiger charge is 2.40. The van der Waals surface area contributed by atoms with E-state index in [2.05, 4.69) is 34.9 Å². The number of hydrogen-bond acceptors (Lipinski definition) is 6. The lowest BCUT2D eigenvalue weighted by Gasteiger charge is -2.31. The summed E-state index contributed by atoms with van der Waals surface area (Å²) < 4.78 is 33.2. The third-order valence-corrected chi connectivity index (χ3v) is 9.24. The monoisotopic (exact) mass is 743 g/mol. The van der Waals surface area contributed by atoms with Crippen LogP contribution in [0.15, 0.2) is 91.0 Å². The van der Waals surface area contributed by atoms with Crippen molar-refractivity contribution in [2.24, 2.45) is 5.41 Å². The second-order valence-corrected chi connectivity index (χ2v) is 15.0. The molecule has 8 nitrogen and oxygen atoms in total. The molecule has 1 aliphatic rings. The van der Waals surface area contributed by atoms with Crippen molar-refractivity contribution in [1.29, 1.82) is 0 Å². The second kappa shape index (κ2) is 19.1. The van der Waals surface area contributed by atoms with Crippen LogP contribution in [0.25, 0.3) is 0 Å². The van der Waals surface area contributed by atoms with Gasteiger partial charge >= 0.3 is 0 Å². The molecule has 4 aromatic rings. The molecule has 282 valence electrons. The number of anilines is 1. The summed E-state index contributed by atoms with van der Waals surface area (Å²) in [5, 5.41) is 6.74. The lowest BCUT2D eigenvalue weighted by molar-refractivity contribution is -0.138. The first-order chi connectivity index (χ1) is 25.5. The number of unbranched alkanes of at least 4 members (excludes halogenated alkanes) is 1. The Bertz CT molecular complexity index is 1820. The van der Waals surface area contributed by atoms with Gasteiger partial charge in [-0.3, -0.25) is 9.59 Å². The fraction of sp³-hybridized carbons (Fsp3) is 0.395. The smallest absolute Gasteiger partial charge is 0.256 e. The summed E-state index contributed by atoms with van der Waals surface area (Å²) in [4.78, 5) is 29.4. The van der Waals surface area contributed by atoms with Gasteiger partial charge in [0.1, 0.15) is 18.0 Å². The first-order valence-electron chi connectivity index (χ1n) is 18.3. The van der Waals surface area contributed by atoms with Crippen LogP contribution in [0.5, 0.6) is 11.5 Å². The Kier molecular flexibility index (Phi) is 14.3. The molecule has 5 rings (SSSR count). The highest BCUT2D eigenvalue weighted by atomic mass is 35.5. The van der Waals surface area contributed by atoms with Crippen LogP contribution in [-0.2, 0) is 27.3 Å². The number of halogens is 2. The third kappa shape index (κ3) is 11.3. The van der Waals surface area contributed by atoms with Crippen LogP contribution >= 0.6 is 11.6 Å². The zero-order valence-electron chi connectivity index (χ0n) is 31.1. The van der Waals surface area contributed by atoms with Crippen LogP contribution in [-0.4, -0.2) is 51.3 Å². The molecule has 0 spiro atoms. The van der Waals surface area contributed by atoms with E-state index < -0.39 is 23.9 Å². The number of rotatable bonds is 17. The number of hydrogen-bond donors (Lipinski definition) is 2. The molecule has 4 aromatic carbocycles. The molecule has 2 N–H and O–H groups in total. The number of carbonyl (C=O) groups excluding carboxylic acids is 2. The van der Waals surface area contributed by atoms with Gasteiger partial charge in [-0.1, -0.05) is 93.0 Å². The number of carbonyl (C=O) groups is 2. The Hall–Kier alpha value is -4.44. The van der Waals surface area contributed by atoms with Gasteiger partial charge in [0, 0.05) is 40.5 Å². The van der Waals surface area contributed by atoms with Crippen LogP contribution in [0, 0.1) is 11.2 Å². The highest BCUT2D eigenvalue weighted by Crippen LogP contribution is 2.45. The number of nitrogens with zero attached hydrogens (tertiary/aromatic N) is 1. The topological polar surface area (TPSA) is 89.1 Å². The van der Waals surface area contributed by atoms with Gasteiger partial charge in [-0.2, -0.15) is 0 Å². The summed E-state index contributed by atoms with van der Waals surface area (Å²) in [7, 11) is 1.57. The summed E-state index contributed by atoms with van der Waals surface area (Å²) in [5.74, 6) is -0.207. The zero-order chi connectivity index (χ0) is 37.8. The Morgan fingerprint density at radius 1 is 0.925 bits per heavy atom. The summed E-state index contributed by atoms with van der Waals surface area (Å²) in [5.41, 5.74) is 3.36. The van der Waals surface area contributed by atoms with E-state index in [9.17, 15) is 14.0 Å². The fourth-order valence-corrected chi connectivity index (χ4v) is 6.64. The summed E-state index contributed by atoms with van der Waals surface area (Å²) in [6, 6.07) is 27.7. The molecule has 53 heavy (non-hydrogen) atoms. The summed E-state index contributed by atoms with van der Waals surface area (Å²) >= 11 is 6.59. The molecule has 1 aliphatic heterocycles. The summed E-state index contributed by atoms with van der Waals surface area (Å²) in [6.45, 7) is 8.70. The maximum absolute atomic E-state index is 14.3. The fourth-order valence-electron chi connectivity index (χ4n) is 6.46. The van der Waals surface area contributed by atoms with Gasteiger partial charge in [0.05, 0.1) is 20.1 Å². The number of benzene rings is 4. The minimum absolute atomic E-state index is 0.0195. The van der Waals surface area contributed by atoms with Crippen molar-refractivity contribution in [3.8, 4) is 11.5 Å². The minimum atomic E-state index is -1.16. The van der Waals surface area contributed by atoms with E-state index >= 15 is 0 Å². The average molecular weight is 744 g/mol. The van der Waals surface area contributed by atoms with Crippen molar-refractivity contribution in [2.75, 3.05) is 38.3 Å². The molecule has 0 unspecified atom stereocenters. The first-order valence-corrected chi connectivity index (χ1v) is 18.7. The van der Waals surface area contributed by atoms with Gasteiger partial charge in [0.15, 0.2) is 11.5 Å². The number of aryl methyl sites for hydroxylation is 1.